The molecule has 1 saturated heterocycles. The van der Waals surface area contributed by atoms with Crippen LogP contribution in [0, 0.1) is 5.41 Å². The predicted molar refractivity (Wildman–Crippen MR) is 84.2 cm³/mol. The Bertz CT molecular complexity index is 659. The van der Waals surface area contributed by atoms with Crippen LogP contribution < -0.4 is 0 Å². The molecule has 1 fully saturated rings. The first-order chi connectivity index (χ1) is 9.92. The monoisotopic (exact) mass is 325 g/mol. The maximum absolute atomic E-state index is 12.4. The number of benzene rings is 1. The Morgan fingerprint density at radius 2 is 1.73 bits per heavy atom. The molecule has 0 saturated carbocycles. The molecule has 1 aliphatic heterocycles. The minimum absolute atomic E-state index is 0.0574. The Labute approximate surface area is 131 Å². The number of amides is 1. The molecule has 0 radical (unpaired) electrons. The second kappa shape index (κ2) is 5.35. The van der Waals surface area contributed by atoms with E-state index in [1.165, 1.54) is 12.1 Å². The molecule has 0 unspecified atom stereocenters. The van der Waals surface area contributed by atoms with Gasteiger partial charge in [0.2, 0.25) is 5.91 Å². The molecule has 0 bridgehead atoms. The molecule has 0 aliphatic carbocycles. The molecule has 122 valence electrons. The average molecular weight is 325 g/mol. The molecule has 1 aromatic rings. The van der Waals surface area contributed by atoms with Gasteiger partial charge in [0.25, 0.3) is 0 Å². The first kappa shape index (κ1) is 17.0. The molecule has 1 heterocycles. The van der Waals surface area contributed by atoms with Gasteiger partial charge in [-0.25, -0.2) is 8.42 Å². The summed E-state index contributed by atoms with van der Waals surface area (Å²) in [6, 6.07) is 6.35. The van der Waals surface area contributed by atoms with Crippen LogP contribution in [0.5, 0.6) is 0 Å². The van der Waals surface area contributed by atoms with E-state index in [0.29, 0.717) is 13.1 Å². The third kappa shape index (κ3) is 3.33. The highest BCUT2D eigenvalue weighted by atomic mass is 32.2. The normalized spacial score (nSPS) is 24.5. The molecule has 22 heavy (non-hydrogen) atoms. The SMILES string of the molecule is CC1(C)CN(C(=O)Cc2ccc(S(C)(=O)=O)cc2)C[C@@]1(C)O. The molecule has 0 spiro atoms. The van der Waals surface area contributed by atoms with E-state index in [1.54, 1.807) is 24.0 Å². The fourth-order valence-electron chi connectivity index (χ4n) is 2.61. The molecule has 1 aliphatic rings. The minimum Gasteiger partial charge on any atom is -0.388 e. The smallest absolute Gasteiger partial charge is 0.227 e. The number of hydrogen-bond acceptors (Lipinski definition) is 4. The summed E-state index contributed by atoms with van der Waals surface area (Å²) in [5, 5.41) is 10.4. The summed E-state index contributed by atoms with van der Waals surface area (Å²) in [7, 11) is -3.22. The van der Waals surface area contributed by atoms with Gasteiger partial charge in [-0.15, -0.1) is 0 Å². The predicted octanol–water partition coefficient (Wildman–Crippen LogP) is 1.25. The van der Waals surface area contributed by atoms with Gasteiger partial charge in [0.05, 0.1) is 16.9 Å². The van der Waals surface area contributed by atoms with Gasteiger partial charge < -0.3 is 10.0 Å². The Hall–Kier alpha value is -1.40. The van der Waals surface area contributed by atoms with Crippen LogP contribution in [-0.2, 0) is 21.1 Å². The van der Waals surface area contributed by atoms with Crippen molar-refractivity contribution in [3.05, 3.63) is 29.8 Å². The number of rotatable bonds is 3. The van der Waals surface area contributed by atoms with Crippen molar-refractivity contribution in [1.82, 2.24) is 4.90 Å². The van der Waals surface area contributed by atoms with Crippen LogP contribution in [-0.4, -0.2) is 49.3 Å². The van der Waals surface area contributed by atoms with Gasteiger partial charge in [-0.1, -0.05) is 26.0 Å². The topological polar surface area (TPSA) is 74.7 Å². The Morgan fingerprint density at radius 3 is 2.14 bits per heavy atom. The van der Waals surface area contributed by atoms with Crippen molar-refractivity contribution in [3.63, 3.8) is 0 Å². The molecule has 1 atom stereocenters. The highest BCUT2D eigenvalue weighted by Gasteiger charge is 2.48. The van der Waals surface area contributed by atoms with Crippen molar-refractivity contribution in [2.24, 2.45) is 5.41 Å². The summed E-state index contributed by atoms with van der Waals surface area (Å²) in [6.45, 7) is 6.48. The molecule has 5 nitrogen and oxygen atoms in total. The zero-order valence-corrected chi connectivity index (χ0v) is 14.3. The number of hydrogen-bond donors (Lipinski definition) is 1. The fraction of sp³-hybridized carbons (Fsp3) is 0.562. The Morgan fingerprint density at radius 1 is 1.18 bits per heavy atom. The maximum atomic E-state index is 12.4. The largest absolute Gasteiger partial charge is 0.388 e. The second-order valence-electron chi connectivity index (χ2n) is 7.00. The highest BCUT2D eigenvalue weighted by molar-refractivity contribution is 7.90. The molecule has 2 rings (SSSR count). The number of likely N-dealkylation sites (tertiary alicyclic amines) is 1. The van der Waals surface area contributed by atoms with Gasteiger partial charge in [-0.3, -0.25) is 4.79 Å². The van der Waals surface area contributed by atoms with Crippen molar-refractivity contribution in [2.45, 2.75) is 37.7 Å². The zero-order chi connectivity index (χ0) is 16.8. The molecular weight excluding hydrogens is 302 g/mol. The lowest BCUT2D eigenvalue weighted by Gasteiger charge is -2.30. The molecular formula is C16H23NO4S. The van der Waals surface area contributed by atoms with E-state index < -0.39 is 15.4 Å². The van der Waals surface area contributed by atoms with Crippen molar-refractivity contribution in [3.8, 4) is 0 Å². The standard InChI is InChI=1S/C16H23NO4S/c1-15(2)10-17(11-16(15,3)19)14(18)9-12-5-7-13(8-6-12)22(4,20)21/h5-8,19H,9-11H2,1-4H3/t16-/m1/s1. The van der Waals surface area contributed by atoms with E-state index in [0.717, 1.165) is 11.8 Å². The lowest BCUT2D eigenvalue weighted by atomic mass is 9.79. The van der Waals surface area contributed by atoms with E-state index in [-0.39, 0.29) is 22.6 Å². The summed E-state index contributed by atoms with van der Waals surface area (Å²) < 4.78 is 22.8. The number of β-amino-alcohol motifs (C(OH)–C–C–N with tert-alkyl or cyclic N) is 1. The molecule has 6 heteroatoms. The highest BCUT2D eigenvalue weighted by Crippen LogP contribution is 2.38. The van der Waals surface area contributed by atoms with Crippen LogP contribution in [0.4, 0.5) is 0 Å². The number of carbonyl (C=O) groups is 1. The van der Waals surface area contributed by atoms with Gasteiger partial charge in [-0.2, -0.15) is 0 Å². The van der Waals surface area contributed by atoms with Crippen LogP contribution in [0.15, 0.2) is 29.2 Å². The van der Waals surface area contributed by atoms with Crippen LogP contribution in [0.2, 0.25) is 0 Å². The molecule has 1 amide bonds. The lowest BCUT2D eigenvalue weighted by Crippen LogP contribution is -2.40. The van der Waals surface area contributed by atoms with Crippen LogP contribution >= 0.6 is 0 Å². The van der Waals surface area contributed by atoms with E-state index in [4.69, 9.17) is 0 Å². The van der Waals surface area contributed by atoms with Crippen LogP contribution in [0.3, 0.4) is 0 Å². The van der Waals surface area contributed by atoms with Gasteiger partial charge in [0, 0.05) is 24.8 Å². The molecule has 1 aromatic carbocycles. The van der Waals surface area contributed by atoms with Gasteiger partial charge in [0.1, 0.15) is 0 Å². The Balaban J connectivity index is 2.08. The van der Waals surface area contributed by atoms with E-state index >= 15 is 0 Å². The third-order valence-electron chi connectivity index (χ3n) is 4.60. The molecule has 1 N–H and O–H groups in total. The average Bonchev–Trinajstić information content (AvgIpc) is 2.58. The number of nitrogens with zero attached hydrogens (tertiary/aromatic N) is 1. The third-order valence-corrected chi connectivity index (χ3v) is 5.73. The van der Waals surface area contributed by atoms with E-state index in [9.17, 15) is 18.3 Å². The van der Waals surface area contributed by atoms with Crippen LogP contribution in [0.25, 0.3) is 0 Å². The fourth-order valence-corrected chi connectivity index (χ4v) is 3.24. The first-order valence-electron chi connectivity index (χ1n) is 7.22. The van der Waals surface area contributed by atoms with Crippen molar-refractivity contribution < 1.29 is 18.3 Å². The summed E-state index contributed by atoms with van der Waals surface area (Å²) in [5.74, 6) is -0.0574. The van der Waals surface area contributed by atoms with Crippen molar-refractivity contribution in [2.75, 3.05) is 19.3 Å². The number of aliphatic hydroxyl groups is 1. The second-order valence-corrected chi connectivity index (χ2v) is 9.02. The van der Waals surface area contributed by atoms with E-state index in [1.807, 2.05) is 13.8 Å². The zero-order valence-electron chi connectivity index (χ0n) is 13.5. The summed E-state index contributed by atoms with van der Waals surface area (Å²) in [4.78, 5) is 14.3. The van der Waals surface area contributed by atoms with Crippen molar-refractivity contribution >= 4 is 15.7 Å². The van der Waals surface area contributed by atoms with Gasteiger partial charge in [0.15, 0.2) is 9.84 Å². The quantitative estimate of drug-likeness (QED) is 0.908. The maximum Gasteiger partial charge on any atom is 0.227 e. The van der Waals surface area contributed by atoms with Crippen LogP contribution in [0.1, 0.15) is 26.3 Å². The van der Waals surface area contributed by atoms with Gasteiger partial charge in [-0.05, 0) is 24.6 Å². The summed E-state index contributed by atoms with van der Waals surface area (Å²) in [6.07, 6.45) is 1.36. The number of sulfone groups is 1. The molecule has 0 aromatic heterocycles. The Kier molecular flexibility index (Phi) is 4.13. The number of carbonyl (C=O) groups excluding carboxylic acids is 1. The minimum atomic E-state index is -3.22. The lowest BCUT2D eigenvalue weighted by molar-refractivity contribution is -0.130. The first-order valence-corrected chi connectivity index (χ1v) is 9.11. The van der Waals surface area contributed by atoms with E-state index in [2.05, 4.69) is 0 Å². The summed E-state index contributed by atoms with van der Waals surface area (Å²) >= 11 is 0. The summed E-state index contributed by atoms with van der Waals surface area (Å²) in [5.41, 5.74) is -0.479. The van der Waals surface area contributed by atoms with Crippen molar-refractivity contribution in [1.29, 1.82) is 0 Å². The van der Waals surface area contributed by atoms with Gasteiger partial charge >= 0.3 is 0 Å².